The molecule has 0 unspecified atom stereocenters. The van der Waals surface area contributed by atoms with Gasteiger partial charge in [0.05, 0.1) is 5.52 Å². The molecule has 0 spiro atoms. The number of likely N-dealkylation sites (N-methyl/N-ethyl adjacent to an activating group) is 1. The number of fused-ring (bicyclic) bond motifs is 1. The fraction of sp³-hybridized carbons (Fsp3) is 0.269. The summed E-state index contributed by atoms with van der Waals surface area (Å²) in [6, 6.07) is 15.6. The number of aromatic nitrogens is 5. The van der Waals surface area contributed by atoms with Gasteiger partial charge in [0.15, 0.2) is 5.82 Å². The van der Waals surface area contributed by atoms with E-state index in [9.17, 15) is 4.79 Å². The molecule has 8 nitrogen and oxygen atoms in total. The van der Waals surface area contributed by atoms with E-state index in [-0.39, 0.29) is 11.9 Å². The Kier molecular flexibility index (Phi) is 5.90. The smallest absolute Gasteiger partial charge is 0.275 e. The number of pyridine rings is 2. The Morgan fingerprint density at radius 3 is 2.74 bits per heavy atom. The number of carbonyl (C=O) groups is 1. The van der Waals surface area contributed by atoms with Crippen molar-refractivity contribution < 1.29 is 4.79 Å². The lowest BCUT2D eigenvalue weighted by atomic mass is 9.98. The predicted molar refractivity (Wildman–Crippen MR) is 133 cm³/mol. The van der Waals surface area contributed by atoms with Crippen molar-refractivity contribution in [2.45, 2.75) is 26.3 Å². The first-order chi connectivity index (χ1) is 16.5. The maximum absolute atomic E-state index is 13.0. The van der Waals surface area contributed by atoms with Gasteiger partial charge in [0.25, 0.3) is 5.91 Å². The average Bonchev–Trinajstić information content (AvgIpc) is 3.35. The zero-order valence-corrected chi connectivity index (χ0v) is 19.6. The SMILES string of the molecule is CC(C)n1cnnc1-c1cccc(NC(=O)c2ccc3ccc(C4=CCN(C)CC4)cc3n2)n1. The van der Waals surface area contributed by atoms with Crippen molar-refractivity contribution in [1.29, 1.82) is 0 Å². The minimum absolute atomic E-state index is 0.196. The van der Waals surface area contributed by atoms with E-state index >= 15 is 0 Å². The quantitative estimate of drug-likeness (QED) is 0.481. The van der Waals surface area contributed by atoms with Crippen molar-refractivity contribution in [1.82, 2.24) is 29.6 Å². The van der Waals surface area contributed by atoms with Crippen LogP contribution < -0.4 is 5.32 Å². The van der Waals surface area contributed by atoms with E-state index in [2.05, 4.69) is 75.6 Å². The largest absolute Gasteiger partial charge is 0.310 e. The van der Waals surface area contributed by atoms with Crippen LogP contribution in [-0.2, 0) is 0 Å². The molecule has 1 amide bonds. The van der Waals surface area contributed by atoms with Crippen LogP contribution in [0.4, 0.5) is 5.82 Å². The summed E-state index contributed by atoms with van der Waals surface area (Å²) in [5.74, 6) is 0.791. The van der Waals surface area contributed by atoms with Crippen LogP contribution >= 0.6 is 0 Å². The predicted octanol–water partition coefficient (Wildman–Crippen LogP) is 4.44. The molecule has 0 fully saturated rings. The van der Waals surface area contributed by atoms with Gasteiger partial charge in [0.1, 0.15) is 23.5 Å². The van der Waals surface area contributed by atoms with Gasteiger partial charge in [0, 0.05) is 24.5 Å². The van der Waals surface area contributed by atoms with Gasteiger partial charge in [-0.1, -0.05) is 30.3 Å². The normalized spacial score (nSPS) is 14.4. The highest BCUT2D eigenvalue weighted by atomic mass is 16.1. The number of rotatable bonds is 5. The minimum Gasteiger partial charge on any atom is -0.310 e. The van der Waals surface area contributed by atoms with Gasteiger partial charge in [-0.2, -0.15) is 0 Å². The molecular weight excluding hydrogens is 426 g/mol. The Hall–Kier alpha value is -3.91. The van der Waals surface area contributed by atoms with Crippen LogP contribution in [0.5, 0.6) is 0 Å². The van der Waals surface area contributed by atoms with Crippen molar-refractivity contribution in [3.8, 4) is 11.5 Å². The van der Waals surface area contributed by atoms with Gasteiger partial charge in [-0.25, -0.2) is 9.97 Å². The number of nitrogens with zero attached hydrogens (tertiary/aromatic N) is 6. The standard InChI is InChI=1S/C26H27N7O/c1-17(2)33-16-27-31-25(33)21-5-4-6-24(29-21)30-26(34)22-10-9-19-7-8-20(15-23(19)28-22)18-11-13-32(3)14-12-18/h4-11,15-17H,12-14H2,1-3H3,(H,29,30,34). The van der Waals surface area contributed by atoms with Crippen LogP contribution in [0, 0.1) is 0 Å². The number of benzene rings is 1. The third-order valence-electron chi connectivity index (χ3n) is 6.06. The van der Waals surface area contributed by atoms with Gasteiger partial charge >= 0.3 is 0 Å². The lowest BCUT2D eigenvalue weighted by Crippen LogP contribution is -2.23. The summed E-state index contributed by atoms with van der Waals surface area (Å²) in [6.45, 7) is 6.10. The number of anilines is 1. The molecule has 0 radical (unpaired) electrons. The molecule has 0 bridgehead atoms. The first-order valence-electron chi connectivity index (χ1n) is 11.4. The Labute approximate surface area is 198 Å². The molecule has 1 N–H and O–H groups in total. The number of carbonyl (C=O) groups excluding carboxylic acids is 1. The maximum atomic E-state index is 13.0. The molecule has 1 aromatic carbocycles. The molecule has 34 heavy (non-hydrogen) atoms. The molecular formula is C26H27N7O. The topological polar surface area (TPSA) is 88.8 Å². The van der Waals surface area contributed by atoms with Gasteiger partial charge < -0.3 is 14.8 Å². The van der Waals surface area contributed by atoms with Crippen molar-refractivity contribution >= 4 is 28.2 Å². The summed E-state index contributed by atoms with van der Waals surface area (Å²) in [4.78, 5) is 24.5. The Morgan fingerprint density at radius 2 is 1.94 bits per heavy atom. The second-order valence-electron chi connectivity index (χ2n) is 8.86. The third-order valence-corrected chi connectivity index (χ3v) is 6.06. The van der Waals surface area contributed by atoms with E-state index in [1.807, 2.05) is 22.8 Å². The van der Waals surface area contributed by atoms with Crippen molar-refractivity contribution in [2.24, 2.45) is 0 Å². The fourth-order valence-corrected chi connectivity index (χ4v) is 4.09. The van der Waals surface area contributed by atoms with Gasteiger partial charge in [0.2, 0.25) is 0 Å². The first kappa shape index (κ1) is 21.9. The van der Waals surface area contributed by atoms with Gasteiger partial charge in [-0.05, 0) is 62.7 Å². The Balaban J connectivity index is 1.39. The molecule has 0 aliphatic carbocycles. The van der Waals surface area contributed by atoms with Crippen LogP contribution in [-0.4, -0.2) is 55.7 Å². The molecule has 0 atom stereocenters. The van der Waals surface area contributed by atoms with Gasteiger partial charge in [-0.3, -0.25) is 4.79 Å². The van der Waals surface area contributed by atoms with Crippen molar-refractivity contribution in [3.63, 3.8) is 0 Å². The van der Waals surface area contributed by atoms with E-state index in [0.29, 0.717) is 23.0 Å². The lowest BCUT2D eigenvalue weighted by Gasteiger charge is -2.22. The first-order valence-corrected chi connectivity index (χ1v) is 11.4. The van der Waals surface area contributed by atoms with Crippen LogP contribution in [0.2, 0.25) is 0 Å². The number of hydrogen-bond donors (Lipinski definition) is 1. The van der Waals surface area contributed by atoms with Crippen LogP contribution in [0.1, 0.15) is 42.4 Å². The number of hydrogen-bond acceptors (Lipinski definition) is 6. The molecule has 8 heteroatoms. The van der Waals surface area contributed by atoms with Crippen LogP contribution in [0.25, 0.3) is 28.0 Å². The molecule has 172 valence electrons. The summed E-state index contributed by atoms with van der Waals surface area (Å²) >= 11 is 0. The van der Waals surface area contributed by atoms with E-state index in [1.165, 1.54) is 5.57 Å². The second-order valence-corrected chi connectivity index (χ2v) is 8.86. The molecule has 3 aromatic heterocycles. The minimum atomic E-state index is -0.305. The highest BCUT2D eigenvalue weighted by Gasteiger charge is 2.15. The molecule has 0 saturated carbocycles. The summed E-state index contributed by atoms with van der Waals surface area (Å²) in [7, 11) is 2.12. The van der Waals surface area contributed by atoms with Crippen LogP contribution in [0.3, 0.4) is 0 Å². The van der Waals surface area contributed by atoms with E-state index < -0.39 is 0 Å². The Bertz CT molecular complexity index is 1390. The zero-order chi connectivity index (χ0) is 23.7. The molecule has 1 aliphatic heterocycles. The third kappa shape index (κ3) is 4.45. The molecule has 0 saturated heterocycles. The fourth-order valence-electron chi connectivity index (χ4n) is 4.09. The van der Waals surface area contributed by atoms with Crippen molar-refractivity contribution in [3.05, 3.63) is 72.2 Å². The van der Waals surface area contributed by atoms with E-state index in [0.717, 1.165) is 36.0 Å². The Morgan fingerprint density at radius 1 is 1.09 bits per heavy atom. The average molecular weight is 454 g/mol. The molecule has 1 aliphatic rings. The van der Waals surface area contributed by atoms with E-state index in [4.69, 9.17) is 0 Å². The highest BCUT2D eigenvalue weighted by molar-refractivity contribution is 6.03. The number of amides is 1. The second kappa shape index (κ2) is 9.15. The van der Waals surface area contributed by atoms with Crippen molar-refractivity contribution in [2.75, 3.05) is 25.5 Å². The molecule has 4 heterocycles. The molecule has 5 rings (SSSR count). The summed E-state index contributed by atoms with van der Waals surface area (Å²) in [5, 5.41) is 12.1. The molecule has 4 aromatic rings. The van der Waals surface area contributed by atoms with Crippen LogP contribution in [0.15, 0.2) is 60.9 Å². The monoisotopic (exact) mass is 453 g/mol. The highest BCUT2D eigenvalue weighted by Crippen LogP contribution is 2.25. The van der Waals surface area contributed by atoms with E-state index in [1.54, 1.807) is 18.5 Å². The summed E-state index contributed by atoms with van der Waals surface area (Å²) in [5.41, 5.74) is 4.28. The summed E-state index contributed by atoms with van der Waals surface area (Å²) < 4.78 is 1.94. The number of nitrogens with one attached hydrogen (secondary N) is 1. The summed E-state index contributed by atoms with van der Waals surface area (Å²) in [6.07, 6.45) is 4.95. The zero-order valence-electron chi connectivity index (χ0n) is 19.6. The lowest BCUT2D eigenvalue weighted by molar-refractivity contribution is 0.102. The maximum Gasteiger partial charge on any atom is 0.275 e. The van der Waals surface area contributed by atoms with Gasteiger partial charge in [-0.15, -0.1) is 10.2 Å².